The van der Waals surface area contributed by atoms with Crippen molar-refractivity contribution in [2.45, 2.75) is 11.0 Å². The third-order valence-corrected chi connectivity index (χ3v) is 4.65. The molecular weight excluding hydrogens is 200 g/mol. The summed E-state index contributed by atoms with van der Waals surface area (Å²) in [4.78, 5) is 0. The number of thioether (sulfide) groups is 2. The van der Waals surface area contributed by atoms with Crippen LogP contribution in [0.25, 0.3) is 6.08 Å². The van der Waals surface area contributed by atoms with E-state index in [9.17, 15) is 0 Å². The second-order valence-electron chi connectivity index (χ2n) is 2.84. The van der Waals surface area contributed by atoms with E-state index in [2.05, 4.69) is 12.2 Å². The minimum Gasteiger partial charge on any atom is -0.465 e. The molecule has 1 aliphatic heterocycles. The molecule has 13 heavy (non-hydrogen) atoms. The SMILES string of the molecule is C(=C\C1SCCCS1)/c1ccco1. The molecule has 0 N–H and O–H groups in total. The van der Waals surface area contributed by atoms with Gasteiger partial charge in [-0.05, 0) is 36.1 Å². The van der Waals surface area contributed by atoms with Crippen LogP contribution in [0.3, 0.4) is 0 Å². The molecule has 1 saturated heterocycles. The summed E-state index contributed by atoms with van der Waals surface area (Å²) in [5.41, 5.74) is 0. The number of rotatable bonds is 2. The van der Waals surface area contributed by atoms with E-state index in [0.717, 1.165) is 5.76 Å². The molecule has 1 aromatic rings. The summed E-state index contributed by atoms with van der Waals surface area (Å²) in [6, 6.07) is 3.90. The fourth-order valence-electron chi connectivity index (χ4n) is 1.18. The van der Waals surface area contributed by atoms with Crippen LogP contribution in [0.15, 0.2) is 28.9 Å². The van der Waals surface area contributed by atoms with Crippen LogP contribution in [0.2, 0.25) is 0 Å². The molecule has 1 aliphatic rings. The minimum atomic E-state index is 0.624. The van der Waals surface area contributed by atoms with Gasteiger partial charge in [-0.2, -0.15) is 0 Å². The minimum absolute atomic E-state index is 0.624. The van der Waals surface area contributed by atoms with E-state index in [1.807, 2.05) is 35.7 Å². The topological polar surface area (TPSA) is 13.1 Å². The van der Waals surface area contributed by atoms with E-state index in [1.165, 1.54) is 17.9 Å². The molecule has 0 aliphatic carbocycles. The molecule has 0 spiro atoms. The van der Waals surface area contributed by atoms with Gasteiger partial charge in [0.2, 0.25) is 0 Å². The molecule has 3 heteroatoms. The Hall–Kier alpha value is -0.280. The Bertz CT molecular complexity index is 260. The molecule has 1 nitrogen and oxygen atoms in total. The molecule has 2 heterocycles. The van der Waals surface area contributed by atoms with Crippen LogP contribution in [-0.4, -0.2) is 16.1 Å². The lowest BCUT2D eigenvalue weighted by atomic mass is 10.4. The Balaban J connectivity index is 1.89. The molecule has 0 atom stereocenters. The van der Waals surface area contributed by atoms with Gasteiger partial charge in [0.05, 0.1) is 10.8 Å². The maximum atomic E-state index is 5.22. The monoisotopic (exact) mass is 212 g/mol. The molecule has 0 amide bonds. The summed E-state index contributed by atoms with van der Waals surface area (Å²) in [5.74, 6) is 3.53. The van der Waals surface area contributed by atoms with Crippen molar-refractivity contribution in [1.82, 2.24) is 0 Å². The van der Waals surface area contributed by atoms with Crippen LogP contribution < -0.4 is 0 Å². The lowest BCUT2D eigenvalue weighted by Crippen LogP contribution is -2.02. The lowest BCUT2D eigenvalue weighted by Gasteiger charge is -2.16. The smallest absolute Gasteiger partial charge is 0.126 e. The van der Waals surface area contributed by atoms with Crippen molar-refractivity contribution in [2.75, 3.05) is 11.5 Å². The van der Waals surface area contributed by atoms with Crippen molar-refractivity contribution in [2.24, 2.45) is 0 Å². The van der Waals surface area contributed by atoms with Gasteiger partial charge in [0.25, 0.3) is 0 Å². The first-order valence-corrected chi connectivity index (χ1v) is 6.50. The van der Waals surface area contributed by atoms with Crippen molar-refractivity contribution in [1.29, 1.82) is 0 Å². The Morgan fingerprint density at radius 3 is 2.92 bits per heavy atom. The maximum absolute atomic E-state index is 5.22. The van der Waals surface area contributed by atoms with Gasteiger partial charge in [-0.15, -0.1) is 23.5 Å². The van der Waals surface area contributed by atoms with Gasteiger partial charge in [-0.3, -0.25) is 0 Å². The van der Waals surface area contributed by atoms with Crippen molar-refractivity contribution in [3.63, 3.8) is 0 Å². The first-order chi connectivity index (χ1) is 6.45. The van der Waals surface area contributed by atoms with Gasteiger partial charge in [-0.1, -0.05) is 6.08 Å². The Labute approximate surface area is 87.0 Å². The van der Waals surface area contributed by atoms with Crippen molar-refractivity contribution >= 4 is 29.6 Å². The van der Waals surface area contributed by atoms with Crippen LogP contribution in [0.1, 0.15) is 12.2 Å². The molecule has 0 unspecified atom stereocenters. The zero-order valence-corrected chi connectivity index (χ0v) is 8.94. The molecule has 0 bridgehead atoms. The van der Waals surface area contributed by atoms with Gasteiger partial charge < -0.3 is 4.42 Å². The number of hydrogen-bond acceptors (Lipinski definition) is 3. The third kappa shape index (κ3) is 2.85. The van der Waals surface area contributed by atoms with Crippen LogP contribution in [0, 0.1) is 0 Å². The van der Waals surface area contributed by atoms with Gasteiger partial charge >= 0.3 is 0 Å². The molecule has 1 aromatic heterocycles. The molecule has 0 radical (unpaired) electrons. The second-order valence-corrected chi connectivity index (χ2v) is 5.64. The lowest BCUT2D eigenvalue weighted by molar-refractivity contribution is 0.557. The first-order valence-electron chi connectivity index (χ1n) is 4.40. The summed E-state index contributed by atoms with van der Waals surface area (Å²) >= 11 is 4.04. The van der Waals surface area contributed by atoms with Gasteiger partial charge in [0.1, 0.15) is 5.76 Å². The van der Waals surface area contributed by atoms with Crippen LogP contribution in [0.5, 0.6) is 0 Å². The highest BCUT2D eigenvalue weighted by molar-refractivity contribution is 8.17. The van der Waals surface area contributed by atoms with E-state index in [0.29, 0.717) is 4.58 Å². The summed E-state index contributed by atoms with van der Waals surface area (Å²) in [5, 5.41) is 0. The molecule has 0 aromatic carbocycles. The Morgan fingerprint density at radius 2 is 2.23 bits per heavy atom. The van der Waals surface area contributed by atoms with Crippen LogP contribution in [0.4, 0.5) is 0 Å². The average Bonchev–Trinajstić information content (AvgIpc) is 2.69. The number of hydrogen-bond donors (Lipinski definition) is 0. The fraction of sp³-hybridized carbons (Fsp3) is 0.400. The van der Waals surface area contributed by atoms with Crippen molar-refractivity contribution in [3.8, 4) is 0 Å². The summed E-state index contributed by atoms with van der Waals surface area (Å²) in [6.45, 7) is 0. The summed E-state index contributed by atoms with van der Waals surface area (Å²) in [7, 11) is 0. The molecular formula is C10H12OS2. The van der Waals surface area contributed by atoms with Gasteiger partial charge in [-0.25, -0.2) is 0 Å². The fourth-order valence-corrected chi connectivity index (χ4v) is 3.79. The highest BCUT2D eigenvalue weighted by atomic mass is 32.2. The van der Waals surface area contributed by atoms with Gasteiger partial charge in [0, 0.05) is 0 Å². The molecule has 2 rings (SSSR count). The standard InChI is InChI=1S/C10H12OS2/c1-3-9(11-6-1)4-5-10-12-7-2-8-13-10/h1,3-6,10H,2,7-8H2/b5-4+. The Morgan fingerprint density at radius 1 is 1.38 bits per heavy atom. The summed E-state index contributed by atoms with van der Waals surface area (Å²) in [6.07, 6.45) is 7.35. The maximum Gasteiger partial charge on any atom is 0.126 e. The highest BCUT2D eigenvalue weighted by Gasteiger charge is 2.10. The molecule has 70 valence electrons. The van der Waals surface area contributed by atoms with E-state index in [-0.39, 0.29) is 0 Å². The quantitative estimate of drug-likeness (QED) is 0.745. The van der Waals surface area contributed by atoms with E-state index in [4.69, 9.17) is 4.42 Å². The third-order valence-electron chi connectivity index (χ3n) is 1.81. The molecule has 0 saturated carbocycles. The van der Waals surface area contributed by atoms with Crippen LogP contribution >= 0.6 is 23.5 Å². The number of furan rings is 1. The van der Waals surface area contributed by atoms with Crippen molar-refractivity contribution in [3.05, 3.63) is 30.2 Å². The zero-order valence-electron chi connectivity index (χ0n) is 7.31. The zero-order chi connectivity index (χ0) is 8.93. The largest absolute Gasteiger partial charge is 0.465 e. The normalized spacial score (nSPS) is 19.7. The van der Waals surface area contributed by atoms with E-state index >= 15 is 0 Å². The van der Waals surface area contributed by atoms with Crippen LogP contribution in [-0.2, 0) is 0 Å². The second kappa shape index (κ2) is 4.82. The average molecular weight is 212 g/mol. The van der Waals surface area contributed by atoms with E-state index in [1.54, 1.807) is 6.26 Å². The highest BCUT2D eigenvalue weighted by Crippen LogP contribution is 2.31. The molecule has 1 fully saturated rings. The van der Waals surface area contributed by atoms with E-state index < -0.39 is 0 Å². The first kappa shape index (κ1) is 9.28. The predicted molar refractivity (Wildman–Crippen MR) is 61.1 cm³/mol. The Kier molecular flexibility index (Phi) is 3.44. The summed E-state index contributed by atoms with van der Waals surface area (Å²) < 4.78 is 5.84. The van der Waals surface area contributed by atoms with Gasteiger partial charge in [0.15, 0.2) is 0 Å². The van der Waals surface area contributed by atoms with Crippen molar-refractivity contribution < 1.29 is 4.42 Å². The predicted octanol–water partition coefficient (Wildman–Crippen LogP) is 3.49.